The fourth-order valence-corrected chi connectivity index (χ4v) is 5.19. The molecule has 1 fully saturated rings. The van der Waals surface area contributed by atoms with Gasteiger partial charge in [0.2, 0.25) is 0 Å². The number of benzene rings is 2. The van der Waals surface area contributed by atoms with Crippen LogP contribution in [0.1, 0.15) is 53.9 Å². The lowest BCUT2D eigenvalue weighted by Gasteiger charge is -2.24. The van der Waals surface area contributed by atoms with E-state index in [1.807, 2.05) is 6.92 Å². The van der Waals surface area contributed by atoms with Crippen LogP contribution in [0.3, 0.4) is 0 Å². The van der Waals surface area contributed by atoms with E-state index in [0.717, 1.165) is 61.0 Å². The summed E-state index contributed by atoms with van der Waals surface area (Å²) in [6, 6.07) is 5.23. The minimum Gasteiger partial charge on any atom is -0.399 e. The molecule has 1 saturated heterocycles. The molecule has 2 atom stereocenters. The standard InChI is InChI=1S/C25H28F3N5O/c1-13(15-8-16(25(26,27)28)10-17(29)9-15)30-24-21-11-22(33-7-6-18(34)12-33)19-4-3-5-20(19)23(21)31-14(2)32-24/h8-11,13,18,34H,3-7,12,29H2,1-2H3,(H,30,31,32)/t13-,18-/m1/s1. The van der Waals surface area contributed by atoms with E-state index in [2.05, 4.69) is 21.3 Å². The molecule has 0 amide bonds. The molecule has 0 saturated carbocycles. The summed E-state index contributed by atoms with van der Waals surface area (Å²) < 4.78 is 40.0. The van der Waals surface area contributed by atoms with Crippen molar-refractivity contribution in [2.45, 2.75) is 57.9 Å². The van der Waals surface area contributed by atoms with Crippen LogP contribution in [0.15, 0.2) is 24.3 Å². The Balaban J connectivity index is 1.58. The Morgan fingerprint density at radius 3 is 2.62 bits per heavy atom. The number of aliphatic hydroxyl groups is 1. The Hall–Kier alpha value is -3.07. The van der Waals surface area contributed by atoms with E-state index < -0.39 is 17.8 Å². The highest BCUT2D eigenvalue weighted by Crippen LogP contribution is 2.40. The first-order valence-electron chi connectivity index (χ1n) is 11.6. The molecule has 2 aromatic carbocycles. The molecule has 2 heterocycles. The number of hydrogen-bond donors (Lipinski definition) is 3. The van der Waals surface area contributed by atoms with Gasteiger partial charge in [-0.05, 0) is 80.5 Å². The predicted molar refractivity (Wildman–Crippen MR) is 127 cm³/mol. The van der Waals surface area contributed by atoms with Crippen molar-refractivity contribution in [1.29, 1.82) is 0 Å². The van der Waals surface area contributed by atoms with Crippen molar-refractivity contribution in [3.63, 3.8) is 0 Å². The minimum atomic E-state index is -4.47. The molecule has 1 aliphatic carbocycles. The second kappa shape index (κ2) is 8.30. The van der Waals surface area contributed by atoms with Crippen LogP contribution in [-0.4, -0.2) is 34.3 Å². The molecule has 0 unspecified atom stereocenters. The normalized spacial score (nSPS) is 19.0. The SMILES string of the molecule is Cc1nc(N[C@H](C)c2cc(N)cc(C(F)(F)F)c2)c2cc(N3CC[C@@H](O)C3)c3c(c2n1)CCC3. The van der Waals surface area contributed by atoms with Gasteiger partial charge in [-0.3, -0.25) is 0 Å². The Morgan fingerprint density at radius 2 is 1.91 bits per heavy atom. The molecule has 6 nitrogen and oxygen atoms in total. The number of halogens is 3. The van der Waals surface area contributed by atoms with Gasteiger partial charge in [0, 0.05) is 29.9 Å². The van der Waals surface area contributed by atoms with Crippen molar-refractivity contribution in [2.75, 3.05) is 29.0 Å². The number of nitrogen functional groups attached to an aromatic ring is 1. The summed E-state index contributed by atoms with van der Waals surface area (Å²) in [5.74, 6) is 1.19. The van der Waals surface area contributed by atoms with Crippen LogP contribution in [-0.2, 0) is 19.0 Å². The average Bonchev–Trinajstić information content (AvgIpc) is 3.42. The lowest BCUT2D eigenvalue weighted by atomic mass is 10.0. The number of nitrogens with two attached hydrogens (primary N) is 1. The highest BCUT2D eigenvalue weighted by Gasteiger charge is 2.32. The van der Waals surface area contributed by atoms with Crippen LogP contribution >= 0.6 is 0 Å². The first-order chi connectivity index (χ1) is 16.1. The molecule has 1 aromatic heterocycles. The smallest absolute Gasteiger partial charge is 0.399 e. The van der Waals surface area contributed by atoms with E-state index in [4.69, 9.17) is 10.7 Å². The molecule has 9 heteroatoms. The predicted octanol–water partition coefficient (Wildman–Crippen LogP) is 4.77. The van der Waals surface area contributed by atoms with E-state index >= 15 is 0 Å². The summed E-state index contributed by atoms with van der Waals surface area (Å²) in [5.41, 5.74) is 9.99. The minimum absolute atomic E-state index is 0.0647. The Morgan fingerprint density at radius 1 is 1.15 bits per heavy atom. The maximum atomic E-state index is 13.3. The zero-order valence-corrected chi connectivity index (χ0v) is 19.2. The van der Waals surface area contributed by atoms with Gasteiger partial charge in [-0.1, -0.05) is 0 Å². The van der Waals surface area contributed by atoms with Crippen molar-refractivity contribution >= 4 is 28.1 Å². The van der Waals surface area contributed by atoms with E-state index in [-0.39, 0.29) is 11.8 Å². The summed E-state index contributed by atoms with van der Waals surface area (Å²) >= 11 is 0. The molecule has 2 aliphatic rings. The topological polar surface area (TPSA) is 87.3 Å². The molecule has 4 N–H and O–H groups in total. The molecule has 0 spiro atoms. The first-order valence-corrected chi connectivity index (χ1v) is 11.6. The van der Waals surface area contributed by atoms with Crippen molar-refractivity contribution in [2.24, 2.45) is 0 Å². The van der Waals surface area contributed by atoms with Gasteiger partial charge < -0.3 is 21.1 Å². The summed E-state index contributed by atoms with van der Waals surface area (Å²) in [5, 5.41) is 14.3. The molecular weight excluding hydrogens is 443 g/mol. The molecular formula is C25H28F3N5O. The molecule has 34 heavy (non-hydrogen) atoms. The largest absolute Gasteiger partial charge is 0.416 e. The van der Waals surface area contributed by atoms with Gasteiger partial charge in [-0.25, -0.2) is 9.97 Å². The average molecular weight is 472 g/mol. The van der Waals surface area contributed by atoms with Crippen molar-refractivity contribution in [3.05, 3.63) is 52.3 Å². The van der Waals surface area contributed by atoms with E-state index in [9.17, 15) is 18.3 Å². The van der Waals surface area contributed by atoms with Gasteiger partial charge in [-0.2, -0.15) is 13.2 Å². The molecule has 180 valence electrons. The Labute approximate surface area is 196 Å². The molecule has 5 rings (SSSR count). The third-order valence-corrected chi connectivity index (χ3v) is 6.81. The third-order valence-electron chi connectivity index (χ3n) is 6.81. The zero-order valence-electron chi connectivity index (χ0n) is 19.2. The van der Waals surface area contributed by atoms with Crippen LogP contribution in [0.5, 0.6) is 0 Å². The van der Waals surface area contributed by atoms with Crippen LogP contribution < -0.4 is 16.0 Å². The molecule has 0 bridgehead atoms. The van der Waals surface area contributed by atoms with E-state index in [1.165, 1.54) is 11.1 Å². The second-order valence-electron chi connectivity index (χ2n) is 9.36. The van der Waals surface area contributed by atoms with Gasteiger partial charge in [0.25, 0.3) is 0 Å². The highest BCUT2D eigenvalue weighted by molar-refractivity contribution is 5.96. The number of alkyl halides is 3. The number of β-amino-alcohol motifs (C(OH)–C–C–N with tert-alkyl or cyclic N) is 1. The lowest BCUT2D eigenvalue weighted by Crippen LogP contribution is -2.22. The van der Waals surface area contributed by atoms with Crippen molar-refractivity contribution < 1.29 is 18.3 Å². The Kier molecular flexibility index (Phi) is 5.55. The first kappa shape index (κ1) is 22.7. The van der Waals surface area contributed by atoms with Crippen molar-refractivity contribution in [3.8, 4) is 0 Å². The zero-order chi connectivity index (χ0) is 24.2. The highest BCUT2D eigenvalue weighted by atomic mass is 19.4. The molecule has 1 aliphatic heterocycles. The number of fused-ring (bicyclic) bond motifs is 3. The summed E-state index contributed by atoms with van der Waals surface area (Å²) in [7, 11) is 0. The number of aromatic nitrogens is 2. The monoisotopic (exact) mass is 471 g/mol. The van der Waals surface area contributed by atoms with Gasteiger partial charge in [0.05, 0.1) is 23.2 Å². The summed E-state index contributed by atoms with van der Waals surface area (Å²) in [6.45, 7) is 4.99. The lowest BCUT2D eigenvalue weighted by molar-refractivity contribution is -0.137. The molecule has 3 aromatic rings. The number of nitrogens with zero attached hydrogens (tertiary/aromatic N) is 3. The number of rotatable bonds is 4. The summed E-state index contributed by atoms with van der Waals surface area (Å²) in [6.07, 6.45) is -1.14. The van der Waals surface area contributed by atoms with Crippen molar-refractivity contribution in [1.82, 2.24) is 9.97 Å². The van der Waals surface area contributed by atoms with Gasteiger partial charge in [0.15, 0.2) is 0 Å². The summed E-state index contributed by atoms with van der Waals surface area (Å²) in [4.78, 5) is 11.6. The number of anilines is 3. The maximum absolute atomic E-state index is 13.3. The maximum Gasteiger partial charge on any atom is 0.416 e. The van der Waals surface area contributed by atoms with E-state index in [0.29, 0.717) is 23.8 Å². The van der Waals surface area contributed by atoms with Crippen LogP contribution in [0, 0.1) is 6.92 Å². The number of aryl methyl sites for hydroxylation is 2. The van der Waals surface area contributed by atoms with Gasteiger partial charge >= 0.3 is 6.18 Å². The van der Waals surface area contributed by atoms with Crippen LogP contribution in [0.2, 0.25) is 0 Å². The van der Waals surface area contributed by atoms with Gasteiger partial charge in [0.1, 0.15) is 11.6 Å². The number of nitrogens with one attached hydrogen (secondary N) is 1. The van der Waals surface area contributed by atoms with Crippen LogP contribution in [0.25, 0.3) is 10.9 Å². The second-order valence-corrected chi connectivity index (χ2v) is 9.36. The number of hydrogen-bond acceptors (Lipinski definition) is 6. The quantitative estimate of drug-likeness (QED) is 0.475. The number of aliphatic hydroxyl groups excluding tert-OH is 1. The van der Waals surface area contributed by atoms with Gasteiger partial charge in [-0.15, -0.1) is 0 Å². The fourth-order valence-electron chi connectivity index (χ4n) is 5.19. The van der Waals surface area contributed by atoms with Crippen LogP contribution in [0.4, 0.5) is 30.4 Å². The fraction of sp³-hybridized carbons (Fsp3) is 0.440. The molecule has 0 radical (unpaired) electrons. The third kappa shape index (κ3) is 4.13. The Bertz CT molecular complexity index is 1260. The van der Waals surface area contributed by atoms with E-state index in [1.54, 1.807) is 13.0 Å².